The van der Waals surface area contributed by atoms with Crippen molar-refractivity contribution in [2.75, 3.05) is 0 Å². The van der Waals surface area contributed by atoms with Crippen LogP contribution in [0.15, 0.2) is 109 Å². The van der Waals surface area contributed by atoms with Crippen molar-refractivity contribution >= 4 is 23.2 Å². The van der Waals surface area contributed by atoms with Crippen LogP contribution < -0.4 is 32.9 Å². The molecule has 0 amide bonds. The maximum atomic E-state index is 14.0. The molecule has 29 heavy (non-hydrogen) atoms. The van der Waals surface area contributed by atoms with Crippen molar-refractivity contribution in [3.63, 3.8) is 0 Å². The number of halogens is 2. The normalized spacial score (nSPS) is 10.9. The fourth-order valence-electron chi connectivity index (χ4n) is 3.70. The topological polar surface area (TPSA) is 20.2 Å². The Hall–Kier alpha value is -2.48. The van der Waals surface area contributed by atoms with Crippen LogP contribution in [0.5, 0.6) is 5.75 Å². The van der Waals surface area contributed by atoms with E-state index >= 15 is 0 Å². The van der Waals surface area contributed by atoms with Crippen LogP contribution in [0.2, 0.25) is 0 Å². The minimum atomic E-state index is -2.15. The summed E-state index contributed by atoms with van der Waals surface area (Å²) in [5.74, 6) is -0.200. The lowest BCUT2D eigenvalue weighted by atomic mass is 10.2. The lowest BCUT2D eigenvalue weighted by Crippen LogP contribution is -3.00. The molecular formula is C25H21BrFOP. The third-order valence-corrected chi connectivity index (χ3v) is 9.39. The summed E-state index contributed by atoms with van der Waals surface area (Å²) < 4.78 is 14.0. The molecular weight excluding hydrogens is 446 g/mol. The molecule has 4 heteroatoms. The summed E-state index contributed by atoms with van der Waals surface area (Å²) in [5.41, 5.74) is 0.630. The predicted octanol–water partition coefficient (Wildman–Crippen LogP) is 2.03. The first kappa shape index (κ1) is 21.2. The Morgan fingerprint density at radius 1 is 0.621 bits per heavy atom. The molecule has 4 aromatic carbocycles. The maximum absolute atomic E-state index is 14.0. The quantitative estimate of drug-likeness (QED) is 0.446. The van der Waals surface area contributed by atoms with E-state index in [1.54, 1.807) is 0 Å². The average Bonchev–Trinajstić information content (AvgIpc) is 2.76. The van der Waals surface area contributed by atoms with Gasteiger partial charge in [0.25, 0.3) is 0 Å². The van der Waals surface area contributed by atoms with Gasteiger partial charge in [-0.15, -0.1) is 0 Å². The molecule has 146 valence electrons. The highest BCUT2D eigenvalue weighted by Crippen LogP contribution is 2.58. The van der Waals surface area contributed by atoms with Crippen molar-refractivity contribution < 1.29 is 26.5 Å². The van der Waals surface area contributed by atoms with E-state index in [1.807, 2.05) is 54.6 Å². The van der Waals surface area contributed by atoms with Gasteiger partial charge in [0.1, 0.15) is 40.9 Å². The van der Waals surface area contributed by atoms with E-state index in [9.17, 15) is 9.50 Å². The molecule has 0 atom stereocenters. The smallest absolute Gasteiger partial charge is 0.123 e. The molecule has 0 bridgehead atoms. The number of phenolic OH excluding ortho intramolecular Hbond substituents is 1. The molecule has 0 aliphatic rings. The number of hydrogen-bond donors (Lipinski definition) is 1. The Labute approximate surface area is 182 Å². The van der Waals surface area contributed by atoms with Gasteiger partial charge in [-0.25, -0.2) is 4.39 Å². The van der Waals surface area contributed by atoms with E-state index in [0.717, 1.165) is 0 Å². The van der Waals surface area contributed by atoms with Crippen LogP contribution in [0.4, 0.5) is 4.39 Å². The van der Waals surface area contributed by atoms with Gasteiger partial charge in [-0.2, -0.15) is 0 Å². The standard InChI is InChI=1S/C25H20FOP.BrH/c26-21-16-17-25(27)20(18-21)19-28(22-10-4-1-5-11-22,23-12-6-2-7-13-23)24-14-8-3-9-15-24;/h1-18H,19H2;1H. The van der Waals surface area contributed by atoms with Gasteiger partial charge in [-0.05, 0) is 54.6 Å². The Morgan fingerprint density at radius 3 is 1.45 bits per heavy atom. The number of rotatable bonds is 5. The van der Waals surface area contributed by atoms with E-state index < -0.39 is 7.26 Å². The molecule has 4 rings (SSSR count). The monoisotopic (exact) mass is 466 g/mol. The van der Waals surface area contributed by atoms with Gasteiger partial charge < -0.3 is 22.1 Å². The van der Waals surface area contributed by atoms with Crippen molar-refractivity contribution in [1.82, 2.24) is 0 Å². The van der Waals surface area contributed by atoms with Crippen LogP contribution in [-0.2, 0) is 6.16 Å². The highest BCUT2D eigenvalue weighted by atomic mass is 79.9. The van der Waals surface area contributed by atoms with Gasteiger partial charge in [0, 0.05) is 5.56 Å². The minimum Gasteiger partial charge on any atom is -1.00 e. The Kier molecular flexibility index (Phi) is 6.84. The summed E-state index contributed by atoms with van der Waals surface area (Å²) in [6.45, 7) is 0. The molecule has 1 N–H and O–H groups in total. The lowest BCUT2D eigenvalue weighted by Gasteiger charge is -2.28. The SMILES string of the molecule is Oc1ccc(F)cc1C[P+](c1ccccc1)(c1ccccc1)c1ccccc1.[Br-]. The first-order valence-corrected chi connectivity index (χ1v) is 11.2. The van der Waals surface area contributed by atoms with Crippen LogP contribution >= 0.6 is 7.26 Å². The highest BCUT2D eigenvalue weighted by Gasteiger charge is 2.45. The second kappa shape index (κ2) is 9.35. The molecule has 0 saturated carbocycles. The number of benzene rings is 4. The molecule has 0 spiro atoms. The van der Waals surface area contributed by atoms with E-state index in [1.165, 1.54) is 34.1 Å². The summed E-state index contributed by atoms with van der Waals surface area (Å²) in [5, 5.41) is 14.1. The number of phenols is 1. The summed E-state index contributed by atoms with van der Waals surface area (Å²) in [6.07, 6.45) is 0.550. The van der Waals surface area contributed by atoms with Gasteiger partial charge in [-0.1, -0.05) is 54.6 Å². The maximum Gasteiger partial charge on any atom is 0.123 e. The Morgan fingerprint density at radius 2 is 1.03 bits per heavy atom. The molecule has 1 nitrogen and oxygen atoms in total. The van der Waals surface area contributed by atoms with Gasteiger partial charge >= 0.3 is 0 Å². The van der Waals surface area contributed by atoms with Crippen LogP contribution in [-0.4, -0.2) is 5.11 Å². The Balaban J connectivity index is 0.00000240. The molecule has 0 fully saturated rings. The third-order valence-electron chi connectivity index (χ3n) is 5.04. The molecule has 0 saturated heterocycles. The molecule has 0 aliphatic heterocycles. The van der Waals surface area contributed by atoms with Crippen molar-refractivity contribution in [2.45, 2.75) is 6.16 Å². The first-order chi connectivity index (χ1) is 13.7. The predicted molar refractivity (Wildman–Crippen MR) is 117 cm³/mol. The van der Waals surface area contributed by atoms with Crippen LogP contribution in [0, 0.1) is 5.82 Å². The fourth-order valence-corrected chi connectivity index (χ4v) is 7.95. The summed E-state index contributed by atoms with van der Waals surface area (Å²) in [6, 6.07) is 35.3. The van der Waals surface area contributed by atoms with Crippen LogP contribution in [0.3, 0.4) is 0 Å². The van der Waals surface area contributed by atoms with Gasteiger partial charge in [-0.3, -0.25) is 0 Å². The summed E-state index contributed by atoms with van der Waals surface area (Å²) >= 11 is 0. The van der Waals surface area contributed by atoms with Crippen LogP contribution in [0.1, 0.15) is 5.56 Å². The number of aromatic hydroxyl groups is 1. The Bertz CT molecular complexity index is 959. The molecule has 0 aliphatic carbocycles. The van der Waals surface area contributed by atoms with E-state index in [4.69, 9.17) is 0 Å². The van der Waals surface area contributed by atoms with Gasteiger partial charge in [0.2, 0.25) is 0 Å². The summed E-state index contributed by atoms with van der Waals surface area (Å²) in [4.78, 5) is 0. The second-order valence-electron chi connectivity index (χ2n) is 6.75. The molecule has 0 unspecified atom stereocenters. The zero-order chi connectivity index (χ0) is 19.4. The third kappa shape index (κ3) is 4.27. The van der Waals surface area contributed by atoms with Crippen molar-refractivity contribution in [3.8, 4) is 5.75 Å². The zero-order valence-corrected chi connectivity index (χ0v) is 18.2. The highest BCUT2D eigenvalue weighted by molar-refractivity contribution is 7.95. The summed E-state index contributed by atoms with van der Waals surface area (Å²) in [7, 11) is -2.15. The fraction of sp³-hybridized carbons (Fsp3) is 0.0400. The average molecular weight is 467 g/mol. The minimum absolute atomic E-state index is 0. The molecule has 0 radical (unpaired) electrons. The van der Waals surface area contributed by atoms with E-state index in [0.29, 0.717) is 11.7 Å². The van der Waals surface area contributed by atoms with E-state index in [2.05, 4.69) is 36.4 Å². The molecule has 4 aromatic rings. The molecule has 0 aromatic heterocycles. The largest absolute Gasteiger partial charge is 1.00 e. The van der Waals surface area contributed by atoms with Gasteiger partial charge in [0.05, 0.1) is 0 Å². The second-order valence-corrected chi connectivity index (χ2v) is 10.2. The molecule has 0 heterocycles. The van der Waals surface area contributed by atoms with Crippen LogP contribution in [0.25, 0.3) is 0 Å². The van der Waals surface area contributed by atoms with Crippen molar-refractivity contribution in [3.05, 3.63) is 121 Å². The number of hydrogen-bond acceptors (Lipinski definition) is 1. The van der Waals surface area contributed by atoms with E-state index in [-0.39, 0.29) is 28.5 Å². The van der Waals surface area contributed by atoms with Gasteiger partial charge in [0.15, 0.2) is 0 Å². The lowest BCUT2D eigenvalue weighted by molar-refractivity contribution is -0.00000701. The van der Waals surface area contributed by atoms with Crippen molar-refractivity contribution in [2.24, 2.45) is 0 Å². The van der Waals surface area contributed by atoms with Crippen molar-refractivity contribution in [1.29, 1.82) is 0 Å². The zero-order valence-electron chi connectivity index (χ0n) is 15.7. The first-order valence-electron chi connectivity index (χ1n) is 9.22.